The van der Waals surface area contributed by atoms with Gasteiger partial charge in [0, 0.05) is 28.1 Å². The maximum Gasteiger partial charge on any atom is 0.144 e. The summed E-state index contributed by atoms with van der Waals surface area (Å²) in [7, 11) is 0. The lowest BCUT2D eigenvalue weighted by Crippen LogP contribution is -2.26. The minimum Gasteiger partial charge on any atom is -0.508 e. The maximum atomic E-state index is 9.50. The number of anilines is 1. The molecule has 0 spiro atoms. The summed E-state index contributed by atoms with van der Waals surface area (Å²) in [5.74, 6) is 1.33. The van der Waals surface area contributed by atoms with Crippen LogP contribution in [-0.4, -0.2) is 10.9 Å². The number of nitrogens with zero attached hydrogens (tertiary/aromatic N) is 2. The van der Waals surface area contributed by atoms with Crippen molar-refractivity contribution >= 4 is 27.5 Å². The average molecular weight is 385 g/mol. The Morgan fingerprint density at radius 2 is 1.83 bits per heavy atom. The Hall–Kier alpha value is -2.33. The molecule has 0 aromatic heterocycles. The van der Waals surface area contributed by atoms with Gasteiger partial charge in [0.05, 0.1) is 0 Å². The number of halogens is 1. The van der Waals surface area contributed by atoms with Crippen LogP contribution < -0.4 is 4.90 Å². The van der Waals surface area contributed by atoms with E-state index in [9.17, 15) is 5.11 Å². The summed E-state index contributed by atoms with van der Waals surface area (Å²) < 4.78 is 1.05. The summed E-state index contributed by atoms with van der Waals surface area (Å²) in [6.45, 7) is 11.9. The van der Waals surface area contributed by atoms with Gasteiger partial charge < -0.3 is 10.0 Å². The molecule has 0 atom stereocenters. The summed E-state index contributed by atoms with van der Waals surface area (Å²) in [4.78, 5) is 6.29. The Bertz CT molecular complexity index is 764. The van der Waals surface area contributed by atoms with Crippen LogP contribution in [-0.2, 0) is 0 Å². The quantitative estimate of drug-likeness (QED) is 0.520. The van der Waals surface area contributed by atoms with Crippen LogP contribution in [0.15, 0.2) is 77.5 Å². The molecule has 3 nitrogen and oxygen atoms in total. The van der Waals surface area contributed by atoms with Gasteiger partial charge in [-0.25, -0.2) is 4.99 Å². The van der Waals surface area contributed by atoms with E-state index in [4.69, 9.17) is 0 Å². The average Bonchev–Trinajstić information content (AvgIpc) is 2.55. The number of amidine groups is 1. The number of aromatic hydroxyl groups is 1. The molecular formula is C20H21BrN2O. The van der Waals surface area contributed by atoms with Crippen molar-refractivity contribution in [3.8, 4) is 5.75 Å². The van der Waals surface area contributed by atoms with Crippen molar-refractivity contribution in [1.29, 1.82) is 0 Å². The predicted molar refractivity (Wildman–Crippen MR) is 106 cm³/mol. The molecule has 124 valence electrons. The molecular weight excluding hydrogens is 364 g/mol. The molecule has 0 radical (unpaired) electrons. The fraction of sp³-hybridized carbons (Fsp3) is 0.150. The SMILES string of the molecule is C=CN=C(c1ccc(O)cc1)N(C=C)c1ccc(C(C)C)c(Br)c1. The zero-order valence-electron chi connectivity index (χ0n) is 13.9. The van der Waals surface area contributed by atoms with E-state index in [-0.39, 0.29) is 5.75 Å². The van der Waals surface area contributed by atoms with Gasteiger partial charge in [0.1, 0.15) is 11.6 Å². The lowest BCUT2D eigenvalue weighted by molar-refractivity contribution is 0.475. The van der Waals surface area contributed by atoms with Crippen LogP contribution in [0, 0.1) is 0 Å². The van der Waals surface area contributed by atoms with Gasteiger partial charge in [-0.1, -0.05) is 49.0 Å². The normalized spacial score (nSPS) is 11.4. The van der Waals surface area contributed by atoms with Crippen molar-refractivity contribution in [2.24, 2.45) is 4.99 Å². The first-order chi connectivity index (χ1) is 11.5. The molecule has 2 aromatic rings. The van der Waals surface area contributed by atoms with Gasteiger partial charge in [-0.05, 0) is 47.9 Å². The second-order valence-corrected chi connectivity index (χ2v) is 6.45. The molecule has 0 fully saturated rings. The molecule has 1 N–H and O–H groups in total. The molecule has 0 bridgehead atoms. The molecule has 0 saturated heterocycles. The minimum absolute atomic E-state index is 0.214. The van der Waals surface area contributed by atoms with Crippen LogP contribution in [0.25, 0.3) is 0 Å². The van der Waals surface area contributed by atoms with Crippen LogP contribution >= 0.6 is 15.9 Å². The van der Waals surface area contributed by atoms with E-state index in [1.165, 1.54) is 11.8 Å². The highest BCUT2D eigenvalue weighted by Crippen LogP contribution is 2.30. The van der Waals surface area contributed by atoms with Gasteiger partial charge in [-0.15, -0.1) is 0 Å². The zero-order chi connectivity index (χ0) is 17.7. The van der Waals surface area contributed by atoms with Gasteiger partial charge in [0.15, 0.2) is 0 Å². The Balaban J connectivity index is 2.49. The lowest BCUT2D eigenvalue weighted by Gasteiger charge is -2.23. The number of aliphatic imine (C=N–C) groups is 1. The van der Waals surface area contributed by atoms with Crippen molar-refractivity contribution in [3.05, 3.63) is 83.6 Å². The fourth-order valence-corrected chi connectivity index (χ4v) is 3.25. The third kappa shape index (κ3) is 3.95. The minimum atomic E-state index is 0.214. The summed E-state index contributed by atoms with van der Waals surface area (Å²) >= 11 is 3.65. The van der Waals surface area contributed by atoms with E-state index in [2.05, 4.69) is 60.1 Å². The Kier molecular flexibility index (Phi) is 5.99. The molecule has 0 amide bonds. The fourth-order valence-electron chi connectivity index (χ4n) is 2.42. The summed E-state index contributed by atoms with van der Waals surface area (Å²) in [6, 6.07) is 13.1. The number of phenols is 1. The maximum absolute atomic E-state index is 9.50. The van der Waals surface area contributed by atoms with Crippen LogP contribution in [0.4, 0.5) is 5.69 Å². The Morgan fingerprint density at radius 3 is 2.33 bits per heavy atom. The largest absolute Gasteiger partial charge is 0.508 e. The lowest BCUT2D eigenvalue weighted by atomic mass is 10.0. The van der Waals surface area contributed by atoms with E-state index in [0.717, 1.165) is 15.7 Å². The highest BCUT2D eigenvalue weighted by atomic mass is 79.9. The Labute approximate surface area is 151 Å². The summed E-state index contributed by atoms with van der Waals surface area (Å²) in [5.41, 5.74) is 3.04. The first kappa shape index (κ1) is 18.0. The van der Waals surface area contributed by atoms with Crippen LogP contribution in [0.1, 0.15) is 30.9 Å². The Morgan fingerprint density at radius 1 is 1.17 bits per heavy atom. The van der Waals surface area contributed by atoms with E-state index >= 15 is 0 Å². The van der Waals surface area contributed by atoms with E-state index in [1.807, 2.05) is 23.1 Å². The number of rotatable bonds is 5. The molecule has 2 rings (SSSR count). The molecule has 4 heteroatoms. The third-order valence-corrected chi connectivity index (χ3v) is 4.32. The molecule has 0 unspecified atom stereocenters. The van der Waals surface area contributed by atoms with Gasteiger partial charge in [0.25, 0.3) is 0 Å². The van der Waals surface area contributed by atoms with Crippen molar-refractivity contribution < 1.29 is 5.11 Å². The molecule has 0 aliphatic heterocycles. The molecule has 0 aliphatic carbocycles. The highest BCUT2D eigenvalue weighted by Gasteiger charge is 2.15. The number of phenolic OH excluding ortho intramolecular Hbond substituents is 1. The smallest absolute Gasteiger partial charge is 0.144 e. The molecule has 0 heterocycles. The van der Waals surface area contributed by atoms with Crippen molar-refractivity contribution in [1.82, 2.24) is 0 Å². The van der Waals surface area contributed by atoms with Crippen LogP contribution in [0.5, 0.6) is 5.75 Å². The first-order valence-corrected chi connectivity index (χ1v) is 8.46. The van der Waals surface area contributed by atoms with Gasteiger partial charge in [-0.3, -0.25) is 0 Å². The zero-order valence-corrected chi connectivity index (χ0v) is 15.5. The molecule has 0 saturated carbocycles. The number of benzene rings is 2. The van der Waals surface area contributed by atoms with E-state index in [1.54, 1.807) is 18.3 Å². The molecule has 24 heavy (non-hydrogen) atoms. The van der Waals surface area contributed by atoms with Crippen molar-refractivity contribution in [2.45, 2.75) is 19.8 Å². The van der Waals surface area contributed by atoms with E-state index < -0.39 is 0 Å². The standard InChI is InChI=1S/C20H21BrN2O/c1-5-22-20(15-7-10-17(24)11-8-15)23(6-2)16-9-12-18(14(3)4)19(21)13-16/h5-14,24H,1-2H2,3-4H3. The number of hydrogen-bond donors (Lipinski definition) is 1. The topological polar surface area (TPSA) is 35.8 Å². The molecule has 0 aliphatic rings. The number of hydrogen-bond acceptors (Lipinski definition) is 2. The van der Waals surface area contributed by atoms with Gasteiger partial charge in [-0.2, -0.15) is 0 Å². The van der Waals surface area contributed by atoms with Gasteiger partial charge in [0.2, 0.25) is 0 Å². The van der Waals surface area contributed by atoms with Crippen LogP contribution in [0.3, 0.4) is 0 Å². The summed E-state index contributed by atoms with van der Waals surface area (Å²) in [6.07, 6.45) is 3.21. The van der Waals surface area contributed by atoms with Crippen molar-refractivity contribution in [3.63, 3.8) is 0 Å². The first-order valence-electron chi connectivity index (χ1n) is 7.67. The monoisotopic (exact) mass is 384 g/mol. The highest BCUT2D eigenvalue weighted by molar-refractivity contribution is 9.10. The molecule has 2 aromatic carbocycles. The third-order valence-electron chi connectivity index (χ3n) is 3.63. The second-order valence-electron chi connectivity index (χ2n) is 5.60. The van der Waals surface area contributed by atoms with Crippen molar-refractivity contribution in [2.75, 3.05) is 4.90 Å². The van der Waals surface area contributed by atoms with Gasteiger partial charge >= 0.3 is 0 Å². The van der Waals surface area contributed by atoms with E-state index in [0.29, 0.717) is 11.8 Å². The van der Waals surface area contributed by atoms with Crippen LogP contribution in [0.2, 0.25) is 0 Å². The second kappa shape index (κ2) is 7.97. The summed E-state index contributed by atoms with van der Waals surface area (Å²) in [5, 5.41) is 9.50. The predicted octanol–water partition coefficient (Wildman–Crippen LogP) is 5.82.